The van der Waals surface area contributed by atoms with Crippen LogP contribution in [0.1, 0.15) is 92.4 Å². The molecule has 0 saturated heterocycles. The topological polar surface area (TPSA) is 0 Å². The Bertz CT molecular complexity index is 729. The van der Waals surface area contributed by atoms with Crippen molar-refractivity contribution in [1.82, 2.24) is 0 Å². The minimum absolute atomic E-state index is 0.499. The maximum Gasteiger partial charge on any atom is -0.0143 e. The highest BCUT2D eigenvalue weighted by Crippen LogP contribution is 2.59. The van der Waals surface area contributed by atoms with Crippen molar-refractivity contribution in [3.8, 4) is 0 Å². The van der Waals surface area contributed by atoms with E-state index in [1.807, 2.05) is 0 Å². The molecule has 0 N–H and O–H groups in total. The lowest BCUT2D eigenvalue weighted by Crippen LogP contribution is -2.35. The Morgan fingerprint density at radius 1 is 1.00 bits per heavy atom. The van der Waals surface area contributed by atoms with Crippen LogP contribution in [0.25, 0.3) is 0 Å². The van der Waals surface area contributed by atoms with Crippen LogP contribution in [-0.2, 0) is 0 Å². The summed E-state index contributed by atoms with van der Waals surface area (Å²) in [5.74, 6) is 5.60. The molecule has 0 aromatic rings. The van der Waals surface area contributed by atoms with Crippen molar-refractivity contribution in [1.29, 1.82) is 0 Å². The second-order valence-electron chi connectivity index (χ2n) is 11.9. The van der Waals surface area contributed by atoms with Gasteiger partial charge in [-0.2, -0.15) is 0 Å². The zero-order valence-electron chi connectivity index (χ0n) is 20.4. The van der Waals surface area contributed by atoms with E-state index >= 15 is 0 Å². The number of hydrogen-bond acceptors (Lipinski definition) is 0. The Balaban J connectivity index is 1.48. The molecule has 0 spiro atoms. The van der Waals surface area contributed by atoms with Crippen molar-refractivity contribution in [2.75, 3.05) is 0 Å². The quantitative estimate of drug-likeness (QED) is 0.400. The third-order valence-electron chi connectivity index (χ3n) is 9.59. The SMILES string of the molecule is C=C1/C(=C/C=C2\CCC[C@@]3(C)[C@H]2CC[C@H]3[C@H](C)/C=C/[C@H](C)C2CC2)C[C@@H](C)C[C@@H]1C. The molecule has 7 atom stereocenters. The number of rotatable bonds is 5. The van der Waals surface area contributed by atoms with E-state index in [2.05, 4.69) is 65.5 Å². The lowest BCUT2D eigenvalue weighted by Gasteiger charge is -2.44. The van der Waals surface area contributed by atoms with Crippen LogP contribution in [0.5, 0.6) is 0 Å². The van der Waals surface area contributed by atoms with Crippen molar-refractivity contribution < 1.29 is 0 Å². The van der Waals surface area contributed by atoms with Crippen LogP contribution < -0.4 is 0 Å². The number of fused-ring (bicyclic) bond motifs is 1. The van der Waals surface area contributed by atoms with Crippen LogP contribution in [-0.4, -0.2) is 0 Å². The molecule has 4 saturated carbocycles. The summed E-state index contributed by atoms with van der Waals surface area (Å²) in [5, 5.41) is 0. The smallest absolute Gasteiger partial charge is 0.0143 e. The van der Waals surface area contributed by atoms with Crippen molar-refractivity contribution in [3.63, 3.8) is 0 Å². The summed E-state index contributed by atoms with van der Waals surface area (Å²) in [6.45, 7) is 16.8. The highest BCUT2D eigenvalue weighted by Gasteiger charge is 2.50. The lowest BCUT2D eigenvalue weighted by molar-refractivity contribution is 0.112. The van der Waals surface area contributed by atoms with E-state index in [9.17, 15) is 0 Å². The largest absolute Gasteiger partial charge is 0.0953 e. The normalized spacial score (nSPS) is 42.1. The molecule has 0 aromatic heterocycles. The van der Waals surface area contributed by atoms with Gasteiger partial charge in [0.2, 0.25) is 0 Å². The first kappa shape index (κ1) is 22.2. The first-order valence-corrected chi connectivity index (χ1v) is 13.1. The molecule has 0 bridgehead atoms. The third-order valence-corrected chi connectivity index (χ3v) is 9.59. The van der Waals surface area contributed by atoms with Gasteiger partial charge in [0.15, 0.2) is 0 Å². The molecule has 0 unspecified atom stereocenters. The van der Waals surface area contributed by atoms with Crippen LogP contribution in [0.15, 0.2) is 47.6 Å². The molecule has 0 radical (unpaired) electrons. The van der Waals surface area contributed by atoms with E-state index < -0.39 is 0 Å². The molecule has 30 heavy (non-hydrogen) atoms. The van der Waals surface area contributed by atoms with E-state index in [0.29, 0.717) is 11.3 Å². The summed E-state index contributed by atoms with van der Waals surface area (Å²) in [4.78, 5) is 0. The van der Waals surface area contributed by atoms with E-state index in [4.69, 9.17) is 0 Å². The van der Waals surface area contributed by atoms with Gasteiger partial charge in [-0.3, -0.25) is 0 Å². The molecule has 0 aromatic carbocycles. The number of hydrogen-bond donors (Lipinski definition) is 0. The van der Waals surface area contributed by atoms with Crippen molar-refractivity contribution in [3.05, 3.63) is 47.6 Å². The highest BCUT2D eigenvalue weighted by atomic mass is 14.5. The first-order valence-electron chi connectivity index (χ1n) is 13.1. The average molecular weight is 407 g/mol. The minimum atomic E-state index is 0.499. The summed E-state index contributed by atoms with van der Waals surface area (Å²) in [6.07, 6.45) is 22.5. The number of allylic oxidation sites excluding steroid dienone is 7. The van der Waals surface area contributed by atoms with E-state index in [-0.39, 0.29) is 0 Å². The molecule has 4 rings (SSSR count). The monoisotopic (exact) mass is 406 g/mol. The molecule has 166 valence electrons. The Morgan fingerprint density at radius 2 is 1.73 bits per heavy atom. The van der Waals surface area contributed by atoms with Crippen molar-refractivity contribution >= 4 is 0 Å². The summed E-state index contributed by atoms with van der Waals surface area (Å²) in [6, 6.07) is 0. The standard InChI is InChI=1S/C30H46/c1-20-18-23(4)24(5)27(19-20)14-13-26-8-7-17-30(6)28(15-16-29(26)30)22(3)10-9-21(2)25-11-12-25/h9-10,13-14,20-23,25,28-29H,5,7-8,11-12,15-19H2,1-4,6H3/b10-9+,26-13+,27-14+/t20-,21-,22+,23-,28-,29-,30+/m0/s1. The molecule has 4 fully saturated rings. The van der Waals surface area contributed by atoms with Crippen molar-refractivity contribution in [2.45, 2.75) is 92.4 Å². The predicted molar refractivity (Wildman–Crippen MR) is 131 cm³/mol. The fourth-order valence-electron chi connectivity index (χ4n) is 7.44. The van der Waals surface area contributed by atoms with Gasteiger partial charge in [-0.05, 0) is 116 Å². The van der Waals surface area contributed by atoms with Crippen molar-refractivity contribution in [2.24, 2.45) is 46.8 Å². The summed E-state index contributed by atoms with van der Waals surface area (Å²) in [7, 11) is 0. The van der Waals surface area contributed by atoms with Crippen LogP contribution in [0.3, 0.4) is 0 Å². The lowest BCUT2D eigenvalue weighted by atomic mass is 9.61. The maximum absolute atomic E-state index is 4.44. The van der Waals surface area contributed by atoms with Gasteiger partial charge >= 0.3 is 0 Å². The highest BCUT2D eigenvalue weighted by molar-refractivity contribution is 5.37. The molecule has 0 nitrogen and oxygen atoms in total. The summed E-state index contributed by atoms with van der Waals surface area (Å²) >= 11 is 0. The predicted octanol–water partition coefficient (Wildman–Crippen LogP) is 8.92. The van der Waals surface area contributed by atoms with Crippen LogP contribution in [0.4, 0.5) is 0 Å². The second-order valence-corrected chi connectivity index (χ2v) is 11.9. The molecule has 0 heterocycles. The fraction of sp³-hybridized carbons (Fsp3) is 0.733. The molecule has 4 aliphatic rings. The molecule has 0 amide bonds. The van der Waals surface area contributed by atoms with Gasteiger partial charge in [-0.15, -0.1) is 0 Å². The molecule has 4 aliphatic carbocycles. The van der Waals surface area contributed by atoms with E-state index in [0.717, 1.165) is 35.5 Å². The Kier molecular flexibility index (Phi) is 6.53. The van der Waals surface area contributed by atoms with E-state index in [1.165, 1.54) is 68.9 Å². The summed E-state index contributed by atoms with van der Waals surface area (Å²) in [5.41, 5.74) is 5.18. The van der Waals surface area contributed by atoms with Crippen LogP contribution in [0.2, 0.25) is 0 Å². The molecular formula is C30H46. The minimum Gasteiger partial charge on any atom is -0.0953 e. The molecule has 0 aliphatic heterocycles. The average Bonchev–Trinajstić information content (AvgIpc) is 3.49. The van der Waals surface area contributed by atoms with E-state index in [1.54, 1.807) is 5.57 Å². The fourth-order valence-corrected chi connectivity index (χ4v) is 7.44. The second kappa shape index (κ2) is 8.84. The zero-order chi connectivity index (χ0) is 21.5. The summed E-state index contributed by atoms with van der Waals surface area (Å²) < 4.78 is 0. The first-order chi connectivity index (χ1) is 14.3. The van der Waals surface area contributed by atoms with Gasteiger partial charge in [-0.25, -0.2) is 0 Å². The molecule has 0 heteroatoms. The maximum atomic E-state index is 4.44. The Morgan fingerprint density at radius 3 is 2.47 bits per heavy atom. The third kappa shape index (κ3) is 4.44. The molecular weight excluding hydrogens is 360 g/mol. The van der Waals surface area contributed by atoms with Gasteiger partial charge in [0.05, 0.1) is 0 Å². The Labute approximate surface area is 187 Å². The van der Waals surface area contributed by atoms with Crippen LogP contribution >= 0.6 is 0 Å². The van der Waals surface area contributed by atoms with Crippen LogP contribution in [0, 0.1) is 46.8 Å². The van der Waals surface area contributed by atoms with Gasteiger partial charge in [0.1, 0.15) is 0 Å². The Hall–Kier alpha value is -1.04. The van der Waals surface area contributed by atoms with Gasteiger partial charge in [-0.1, -0.05) is 71.1 Å². The van der Waals surface area contributed by atoms with Gasteiger partial charge in [0, 0.05) is 0 Å². The van der Waals surface area contributed by atoms with Gasteiger partial charge < -0.3 is 0 Å². The zero-order valence-corrected chi connectivity index (χ0v) is 20.4. The van der Waals surface area contributed by atoms with Gasteiger partial charge in [0.25, 0.3) is 0 Å².